The number of fused-ring (bicyclic) bond motifs is 1. The second-order valence-corrected chi connectivity index (χ2v) is 8.34. The number of nitrogens with zero attached hydrogens (tertiary/aromatic N) is 1. The monoisotopic (exact) mass is 358 g/mol. The molecule has 0 spiro atoms. The third-order valence-electron chi connectivity index (χ3n) is 3.54. The van der Waals surface area contributed by atoms with Gasteiger partial charge in [0, 0.05) is 22.9 Å². The third kappa shape index (κ3) is 3.39. The molecule has 1 aromatic heterocycles. The topological polar surface area (TPSA) is 51.1 Å². The second-order valence-electron chi connectivity index (χ2n) is 5.73. The third-order valence-corrected chi connectivity index (χ3v) is 5.62. The van der Waals surface area contributed by atoms with Gasteiger partial charge in [-0.15, -0.1) is 11.8 Å². The summed E-state index contributed by atoms with van der Waals surface area (Å²) in [5, 5.41) is 3.34. The highest BCUT2D eigenvalue weighted by molar-refractivity contribution is 8.00. The molecule has 0 atom stereocenters. The minimum atomic E-state index is -0.138. The average Bonchev–Trinajstić information content (AvgIpc) is 2.81. The van der Waals surface area contributed by atoms with Crippen molar-refractivity contribution in [3.63, 3.8) is 0 Å². The molecule has 2 aromatic carbocycles. The smallest absolute Gasteiger partial charge is 0.307 e. The summed E-state index contributed by atoms with van der Waals surface area (Å²) >= 11 is 2.85. The summed E-state index contributed by atoms with van der Waals surface area (Å²) in [4.78, 5) is 25.3. The van der Waals surface area contributed by atoms with E-state index in [0.717, 1.165) is 15.1 Å². The van der Waals surface area contributed by atoms with E-state index in [-0.39, 0.29) is 10.8 Å². The van der Waals surface area contributed by atoms with Crippen LogP contribution in [-0.2, 0) is 7.05 Å². The molecule has 24 heavy (non-hydrogen) atoms. The first-order chi connectivity index (χ1) is 11.5. The highest BCUT2D eigenvalue weighted by Crippen LogP contribution is 2.28. The van der Waals surface area contributed by atoms with Crippen LogP contribution in [0.1, 0.15) is 24.2 Å². The Morgan fingerprint density at radius 3 is 2.71 bits per heavy atom. The van der Waals surface area contributed by atoms with Gasteiger partial charge in [0.15, 0.2) is 0 Å². The number of nitrogens with one attached hydrogen (secondary N) is 1. The Bertz CT molecular complexity index is 957. The van der Waals surface area contributed by atoms with Gasteiger partial charge in [-0.05, 0) is 30.3 Å². The van der Waals surface area contributed by atoms with Crippen molar-refractivity contribution in [1.82, 2.24) is 4.57 Å². The van der Waals surface area contributed by atoms with E-state index in [1.54, 1.807) is 23.4 Å². The summed E-state index contributed by atoms with van der Waals surface area (Å²) in [5.74, 6) is -0.138. The molecule has 0 aliphatic carbocycles. The molecular weight excluding hydrogens is 340 g/mol. The van der Waals surface area contributed by atoms with Gasteiger partial charge in [-0.1, -0.05) is 37.3 Å². The molecule has 4 nitrogen and oxygen atoms in total. The number of amides is 1. The minimum Gasteiger partial charge on any atom is -0.322 e. The van der Waals surface area contributed by atoms with Crippen LogP contribution in [0.4, 0.5) is 5.69 Å². The van der Waals surface area contributed by atoms with Crippen molar-refractivity contribution >= 4 is 44.9 Å². The van der Waals surface area contributed by atoms with Crippen LogP contribution in [0.2, 0.25) is 0 Å². The molecule has 1 heterocycles. The highest BCUT2D eigenvalue weighted by atomic mass is 32.2. The molecule has 1 N–H and O–H groups in total. The summed E-state index contributed by atoms with van der Waals surface area (Å²) in [7, 11) is 1.75. The van der Waals surface area contributed by atoms with Crippen LogP contribution in [-0.4, -0.2) is 15.7 Å². The molecule has 3 rings (SSSR count). The van der Waals surface area contributed by atoms with Gasteiger partial charge in [0.2, 0.25) is 0 Å². The summed E-state index contributed by atoms with van der Waals surface area (Å²) < 4.78 is 2.48. The molecule has 0 radical (unpaired) electrons. The summed E-state index contributed by atoms with van der Waals surface area (Å²) in [5.41, 5.74) is 2.23. The molecule has 0 aliphatic heterocycles. The van der Waals surface area contributed by atoms with Crippen molar-refractivity contribution in [3.8, 4) is 0 Å². The molecule has 0 saturated carbocycles. The maximum atomic E-state index is 12.6. The standard InChI is InChI=1S/C18H18N2O2S2/c1-11(2)23-15-7-5-4-6-13(15)17(21)19-12-8-9-14-16(10-12)24-18(22)20(14)3/h4-11H,1-3H3,(H,19,21). The quantitative estimate of drug-likeness (QED) is 0.705. The number of hydrogen-bond donors (Lipinski definition) is 1. The number of carbonyl (C=O) groups excluding carboxylic acids is 1. The summed E-state index contributed by atoms with van der Waals surface area (Å²) in [6, 6.07) is 13.1. The van der Waals surface area contributed by atoms with E-state index < -0.39 is 0 Å². The number of thioether (sulfide) groups is 1. The summed E-state index contributed by atoms with van der Waals surface area (Å²) in [6.45, 7) is 4.20. The number of rotatable bonds is 4. The van der Waals surface area contributed by atoms with Gasteiger partial charge >= 0.3 is 4.87 Å². The Labute approximate surface area is 148 Å². The lowest BCUT2D eigenvalue weighted by molar-refractivity contribution is 0.102. The molecule has 0 saturated heterocycles. The number of thiazole rings is 1. The molecule has 0 unspecified atom stereocenters. The van der Waals surface area contributed by atoms with Crippen LogP contribution in [0.15, 0.2) is 52.2 Å². The Morgan fingerprint density at radius 2 is 1.96 bits per heavy atom. The lowest BCUT2D eigenvalue weighted by atomic mass is 10.2. The van der Waals surface area contributed by atoms with Crippen molar-refractivity contribution in [2.24, 2.45) is 7.05 Å². The second kappa shape index (κ2) is 6.83. The first-order valence-electron chi connectivity index (χ1n) is 7.62. The van der Waals surface area contributed by atoms with Crippen LogP contribution in [0.5, 0.6) is 0 Å². The number of hydrogen-bond acceptors (Lipinski definition) is 4. The number of carbonyl (C=O) groups is 1. The van der Waals surface area contributed by atoms with Crippen LogP contribution < -0.4 is 10.2 Å². The predicted octanol–water partition coefficient (Wildman–Crippen LogP) is 4.35. The van der Waals surface area contributed by atoms with E-state index in [1.807, 2.05) is 42.5 Å². The zero-order valence-corrected chi connectivity index (χ0v) is 15.3. The highest BCUT2D eigenvalue weighted by Gasteiger charge is 2.13. The first kappa shape index (κ1) is 16.8. The van der Waals surface area contributed by atoms with E-state index in [1.165, 1.54) is 11.3 Å². The Hall–Kier alpha value is -2.05. The number of anilines is 1. The maximum absolute atomic E-state index is 12.6. The molecule has 6 heteroatoms. The van der Waals surface area contributed by atoms with E-state index in [0.29, 0.717) is 16.5 Å². The lowest BCUT2D eigenvalue weighted by Crippen LogP contribution is -2.13. The van der Waals surface area contributed by atoms with Gasteiger partial charge in [0.1, 0.15) is 0 Å². The molecule has 0 aliphatic rings. The fraction of sp³-hybridized carbons (Fsp3) is 0.222. The molecular formula is C18H18N2O2S2. The van der Waals surface area contributed by atoms with Gasteiger partial charge in [-0.3, -0.25) is 9.59 Å². The molecule has 0 fully saturated rings. The van der Waals surface area contributed by atoms with Crippen molar-refractivity contribution in [1.29, 1.82) is 0 Å². The van der Waals surface area contributed by atoms with Crippen molar-refractivity contribution < 1.29 is 4.79 Å². The van der Waals surface area contributed by atoms with E-state index in [4.69, 9.17) is 0 Å². The lowest BCUT2D eigenvalue weighted by Gasteiger charge is -2.11. The van der Waals surface area contributed by atoms with Gasteiger partial charge < -0.3 is 9.88 Å². The van der Waals surface area contributed by atoms with Crippen LogP contribution in [0, 0.1) is 0 Å². The van der Waals surface area contributed by atoms with Crippen LogP contribution in [0.25, 0.3) is 10.2 Å². The Balaban J connectivity index is 1.89. The normalized spacial score (nSPS) is 11.2. The molecule has 124 valence electrons. The Kier molecular flexibility index (Phi) is 4.78. The largest absolute Gasteiger partial charge is 0.322 e. The van der Waals surface area contributed by atoms with E-state index in [2.05, 4.69) is 19.2 Å². The molecule has 0 bridgehead atoms. The van der Waals surface area contributed by atoms with Crippen molar-refractivity contribution in [2.45, 2.75) is 24.0 Å². The van der Waals surface area contributed by atoms with Crippen LogP contribution in [0.3, 0.4) is 0 Å². The van der Waals surface area contributed by atoms with Crippen molar-refractivity contribution in [3.05, 3.63) is 57.7 Å². The zero-order chi connectivity index (χ0) is 17.3. The minimum absolute atomic E-state index is 0.00726. The van der Waals surface area contributed by atoms with E-state index >= 15 is 0 Å². The predicted molar refractivity (Wildman–Crippen MR) is 102 cm³/mol. The Morgan fingerprint density at radius 1 is 1.21 bits per heavy atom. The number of benzene rings is 2. The summed E-state index contributed by atoms with van der Waals surface area (Å²) in [6.07, 6.45) is 0. The van der Waals surface area contributed by atoms with Gasteiger partial charge in [0.25, 0.3) is 5.91 Å². The van der Waals surface area contributed by atoms with Gasteiger partial charge in [0.05, 0.1) is 15.8 Å². The fourth-order valence-electron chi connectivity index (χ4n) is 2.42. The van der Waals surface area contributed by atoms with Crippen molar-refractivity contribution in [2.75, 3.05) is 5.32 Å². The average molecular weight is 358 g/mol. The number of aryl methyl sites for hydroxylation is 1. The number of aromatic nitrogens is 1. The zero-order valence-electron chi connectivity index (χ0n) is 13.7. The fourth-order valence-corrected chi connectivity index (χ4v) is 4.29. The van der Waals surface area contributed by atoms with Gasteiger partial charge in [-0.25, -0.2) is 0 Å². The molecule has 3 aromatic rings. The van der Waals surface area contributed by atoms with Crippen LogP contribution >= 0.6 is 23.1 Å². The SMILES string of the molecule is CC(C)Sc1ccccc1C(=O)Nc1ccc2c(c1)sc(=O)n2C. The maximum Gasteiger partial charge on any atom is 0.307 e. The van der Waals surface area contributed by atoms with Gasteiger partial charge in [-0.2, -0.15) is 0 Å². The van der Waals surface area contributed by atoms with E-state index in [9.17, 15) is 9.59 Å². The molecule has 1 amide bonds. The first-order valence-corrected chi connectivity index (χ1v) is 9.32.